The fourth-order valence-electron chi connectivity index (χ4n) is 4.42. The number of hydrogen-bond donors (Lipinski definition) is 1. The molecule has 0 aliphatic carbocycles. The molecule has 11 heteroatoms. The summed E-state index contributed by atoms with van der Waals surface area (Å²) in [4.78, 5) is 25.1. The number of carbonyl (C=O) groups is 1. The molecule has 0 amide bonds. The minimum Gasteiger partial charge on any atom is -0.480 e. The first-order chi connectivity index (χ1) is 15.0. The number of halogens is 1. The van der Waals surface area contributed by atoms with Crippen molar-refractivity contribution in [2.75, 3.05) is 36.0 Å². The van der Waals surface area contributed by atoms with E-state index in [0.29, 0.717) is 23.3 Å². The lowest BCUT2D eigenvalue weighted by Crippen LogP contribution is -2.30. The Morgan fingerprint density at radius 2 is 1.81 bits per heavy atom. The van der Waals surface area contributed by atoms with Crippen molar-refractivity contribution < 1.29 is 14.3 Å². The van der Waals surface area contributed by atoms with Gasteiger partial charge < -0.3 is 14.9 Å². The average Bonchev–Trinajstić information content (AvgIpc) is 3.44. The van der Waals surface area contributed by atoms with Crippen molar-refractivity contribution in [2.24, 2.45) is 11.8 Å². The number of aryl methyl sites for hydroxylation is 1. The van der Waals surface area contributed by atoms with Crippen LogP contribution in [0, 0.1) is 24.6 Å². The molecular formula is C20H21FN8O2. The fourth-order valence-corrected chi connectivity index (χ4v) is 4.42. The molecule has 5 rings (SSSR count). The minimum atomic E-state index is -1.04. The van der Waals surface area contributed by atoms with Gasteiger partial charge in [0.15, 0.2) is 6.54 Å². The lowest BCUT2D eigenvalue weighted by atomic mass is 10.0. The Morgan fingerprint density at radius 1 is 1.13 bits per heavy atom. The molecule has 1 N–H and O–H groups in total. The molecule has 2 unspecified atom stereocenters. The molecule has 0 saturated carbocycles. The summed E-state index contributed by atoms with van der Waals surface area (Å²) in [5.74, 6) is 0.635. The van der Waals surface area contributed by atoms with Crippen LogP contribution in [0.15, 0.2) is 30.6 Å². The van der Waals surface area contributed by atoms with Crippen LogP contribution >= 0.6 is 0 Å². The van der Waals surface area contributed by atoms with Gasteiger partial charge in [0, 0.05) is 56.1 Å². The summed E-state index contributed by atoms with van der Waals surface area (Å²) in [7, 11) is 0. The first kappa shape index (κ1) is 19.3. The first-order valence-electron chi connectivity index (χ1n) is 10.0. The zero-order valence-corrected chi connectivity index (χ0v) is 16.9. The fraction of sp³-hybridized carbons (Fsp3) is 0.400. The van der Waals surface area contributed by atoms with Crippen molar-refractivity contribution in [1.82, 2.24) is 30.2 Å². The molecule has 2 aliphatic rings. The summed E-state index contributed by atoms with van der Waals surface area (Å²) in [6, 6.07) is 4.95. The number of anilines is 2. The second-order valence-corrected chi connectivity index (χ2v) is 8.07. The lowest BCUT2D eigenvalue weighted by Gasteiger charge is -2.24. The van der Waals surface area contributed by atoms with Gasteiger partial charge in [-0.1, -0.05) is 6.07 Å². The SMILES string of the molecule is Cc1ccc(F)cc1N1CC2CN(c3ncc(-c4nnn(CC(=O)O)n4)cn3)CC2C1. The summed E-state index contributed by atoms with van der Waals surface area (Å²) < 4.78 is 13.7. The van der Waals surface area contributed by atoms with Crippen molar-refractivity contribution in [3.05, 3.63) is 42.0 Å². The lowest BCUT2D eigenvalue weighted by molar-refractivity contribution is -0.138. The van der Waals surface area contributed by atoms with Gasteiger partial charge in [0.2, 0.25) is 11.8 Å². The Labute approximate surface area is 177 Å². The second-order valence-electron chi connectivity index (χ2n) is 8.07. The van der Waals surface area contributed by atoms with Crippen LogP contribution in [0.4, 0.5) is 16.0 Å². The number of aromatic nitrogens is 6. The highest BCUT2D eigenvalue weighted by atomic mass is 19.1. The van der Waals surface area contributed by atoms with E-state index < -0.39 is 5.97 Å². The summed E-state index contributed by atoms with van der Waals surface area (Å²) in [6.45, 7) is 5.14. The predicted octanol–water partition coefficient (Wildman–Crippen LogP) is 1.23. The van der Waals surface area contributed by atoms with Gasteiger partial charge in [-0.15, -0.1) is 10.2 Å². The first-order valence-corrected chi connectivity index (χ1v) is 10.0. The summed E-state index contributed by atoms with van der Waals surface area (Å²) in [6.07, 6.45) is 3.25. The van der Waals surface area contributed by atoms with E-state index in [-0.39, 0.29) is 18.2 Å². The van der Waals surface area contributed by atoms with Crippen LogP contribution in [0.25, 0.3) is 11.4 Å². The molecule has 2 fully saturated rings. The summed E-state index contributed by atoms with van der Waals surface area (Å²) in [5, 5.41) is 20.4. The Morgan fingerprint density at radius 3 is 2.48 bits per heavy atom. The average molecular weight is 424 g/mol. The second kappa shape index (κ2) is 7.56. The largest absolute Gasteiger partial charge is 0.480 e. The van der Waals surface area contributed by atoms with Gasteiger partial charge >= 0.3 is 5.97 Å². The van der Waals surface area contributed by atoms with Crippen LogP contribution in [-0.4, -0.2) is 67.4 Å². The number of fused-ring (bicyclic) bond motifs is 1. The van der Waals surface area contributed by atoms with E-state index in [0.717, 1.165) is 42.2 Å². The Bertz CT molecular complexity index is 1100. The monoisotopic (exact) mass is 424 g/mol. The highest BCUT2D eigenvalue weighted by Gasteiger charge is 2.41. The van der Waals surface area contributed by atoms with Gasteiger partial charge in [0.25, 0.3) is 0 Å². The smallest absolute Gasteiger partial charge is 0.327 e. The number of hydrogen-bond acceptors (Lipinski definition) is 8. The van der Waals surface area contributed by atoms with Crippen molar-refractivity contribution in [2.45, 2.75) is 13.5 Å². The number of rotatable bonds is 5. The highest BCUT2D eigenvalue weighted by molar-refractivity contribution is 5.66. The molecule has 1 aromatic carbocycles. The van der Waals surface area contributed by atoms with Crippen LogP contribution in [-0.2, 0) is 11.3 Å². The number of aliphatic carboxylic acids is 1. The molecule has 10 nitrogen and oxygen atoms in total. The van der Waals surface area contributed by atoms with E-state index in [2.05, 4.69) is 35.2 Å². The number of tetrazole rings is 1. The number of carboxylic acid groups (broad SMARTS) is 1. The molecule has 2 saturated heterocycles. The van der Waals surface area contributed by atoms with Crippen LogP contribution in [0.2, 0.25) is 0 Å². The van der Waals surface area contributed by atoms with E-state index in [1.807, 2.05) is 13.0 Å². The maximum Gasteiger partial charge on any atom is 0.327 e. The van der Waals surface area contributed by atoms with Crippen LogP contribution in [0.3, 0.4) is 0 Å². The van der Waals surface area contributed by atoms with Gasteiger partial charge in [-0.25, -0.2) is 14.4 Å². The molecule has 4 heterocycles. The topological polar surface area (TPSA) is 113 Å². The summed E-state index contributed by atoms with van der Waals surface area (Å²) >= 11 is 0. The molecular weight excluding hydrogens is 403 g/mol. The quantitative estimate of drug-likeness (QED) is 0.646. The zero-order chi connectivity index (χ0) is 21.5. The molecule has 2 aliphatic heterocycles. The Kier molecular flexibility index (Phi) is 4.72. The zero-order valence-electron chi connectivity index (χ0n) is 16.9. The van der Waals surface area contributed by atoms with Gasteiger partial charge in [0.1, 0.15) is 5.82 Å². The van der Waals surface area contributed by atoms with Gasteiger partial charge in [0.05, 0.1) is 5.56 Å². The van der Waals surface area contributed by atoms with Gasteiger partial charge in [-0.2, -0.15) is 4.80 Å². The predicted molar refractivity (Wildman–Crippen MR) is 109 cm³/mol. The van der Waals surface area contributed by atoms with Crippen LogP contribution in [0.5, 0.6) is 0 Å². The number of carboxylic acids is 1. The number of benzene rings is 1. The molecule has 31 heavy (non-hydrogen) atoms. The molecule has 3 aromatic rings. The van der Waals surface area contributed by atoms with E-state index >= 15 is 0 Å². The van der Waals surface area contributed by atoms with Gasteiger partial charge in [-0.05, 0) is 29.8 Å². The third kappa shape index (κ3) is 3.78. The van der Waals surface area contributed by atoms with Crippen molar-refractivity contribution >= 4 is 17.6 Å². The van der Waals surface area contributed by atoms with E-state index in [1.165, 1.54) is 6.07 Å². The molecule has 2 atom stereocenters. The van der Waals surface area contributed by atoms with Crippen molar-refractivity contribution in [1.29, 1.82) is 0 Å². The van der Waals surface area contributed by atoms with Gasteiger partial charge in [-0.3, -0.25) is 4.79 Å². The van der Waals surface area contributed by atoms with E-state index in [4.69, 9.17) is 5.11 Å². The molecule has 0 spiro atoms. The summed E-state index contributed by atoms with van der Waals surface area (Å²) in [5.41, 5.74) is 2.64. The normalized spacial score (nSPS) is 20.3. The third-order valence-corrected chi connectivity index (χ3v) is 5.91. The molecule has 0 radical (unpaired) electrons. The van der Waals surface area contributed by atoms with Crippen molar-refractivity contribution in [3.8, 4) is 11.4 Å². The van der Waals surface area contributed by atoms with Crippen LogP contribution < -0.4 is 9.80 Å². The minimum absolute atomic E-state index is 0.203. The van der Waals surface area contributed by atoms with E-state index in [1.54, 1.807) is 18.5 Å². The molecule has 2 aromatic heterocycles. The Balaban J connectivity index is 1.24. The standard InChI is InChI=1S/C20H21FN8O2/c1-12-2-3-16(21)4-17(12)27-7-14-9-28(10-15(14)8-27)20-22-5-13(6-23-20)19-24-26-29(25-19)11-18(30)31/h2-6,14-15H,7-11H2,1H3,(H,30,31). The third-order valence-electron chi connectivity index (χ3n) is 5.91. The van der Waals surface area contributed by atoms with E-state index in [9.17, 15) is 9.18 Å². The highest BCUT2D eigenvalue weighted by Crippen LogP contribution is 2.36. The van der Waals surface area contributed by atoms with Crippen molar-refractivity contribution in [3.63, 3.8) is 0 Å². The molecule has 0 bridgehead atoms. The molecule has 160 valence electrons. The number of nitrogens with zero attached hydrogens (tertiary/aromatic N) is 8. The maximum absolute atomic E-state index is 13.7. The maximum atomic E-state index is 13.7. The Hall–Kier alpha value is -3.63. The van der Waals surface area contributed by atoms with Crippen LogP contribution in [0.1, 0.15) is 5.56 Å².